The molecule has 2 aliphatic rings. The fraction of sp³-hybridized carbons (Fsp3) is 0. The summed E-state index contributed by atoms with van der Waals surface area (Å²) in [5.41, 5.74) is 2.11. The predicted octanol–water partition coefficient (Wildman–Crippen LogP) is 3.03. The molecule has 0 bridgehead atoms. The van der Waals surface area contributed by atoms with Gasteiger partial charge in [0, 0.05) is 4.86 Å². The Balaban J connectivity index is 2.12. The van der Waals surface area contributed by atoms with Crippen molar-refractivity contribution in [1.82, 2.24) is 0 Å². The second kappa shape index (κ2) is 4.81. The summed E-state index contributed by atoms with van der Waals surface area (Å²) in [6.07, 6.45) is 18.4. The minimum Gasteiger partial charge on any atom is -0.290 e. The Morgan fingerprint density at radius 2 is 1.19 bits per heavy atom. The summed E-state index contributed by atoms with van der Waals surface area (Å²) in [4.78, 5) is 11.7. The summed E-state index contributed by atoms with van der Waals surface area (Å²) in [6, 6.07) is 0. The molecule has 0 N–H and O–H groups in total. The average molecular weight is 226 g/mol. The number of thiocarbonyl (C=S) groups is 1. The molecule has 2 heteroatoms. The van der Waals surface area contributed by atoms with Gasteiger partial charge in [0.05, 0.1) is 0 Å². The van der Waals surface area contributed by atoms with Gasteiger partial charge in [-0.1, -0.05) is 48.7 Å². The van der Waals surface area contributed by atoms with Gasteiger partial charge in [-0.25, -0.2) is 0 Å². The summed E-state index contributed by atoms with van der Waals surface area (Å²) >= 11 is 5.00. The third-order valence-electron chi connectivity index (χ3n) is 2.23. The number of ketones is 1. The van der Waals surface area contributed by atoms with Gasteiger partial charge in [0.2, 0.25) is 0 Å². The van der Waals surface area contributed by atoms with Crippen molar-refractivity contribution in [1.29, 1.82) is 0 Å². The highest BCUT2D eigenvalue weighted by atomic mass is 32.1. The Labute approximate surface area is 99.9 Å². The van der Waals surface area contributed by atoms with Crippen LogP contribution < -0.4 is 0 Å². The minimum absolute atomic E-state index is 0.0348. The topological polar surface area (TPSA) is 17.1 Å². The molecule has 0 radical (unpaired) electrons. The molecule has 0 aromatic rings. The van der Waals surface area contributed by atoms with Gasteiger partial charge in [0.15, 0.2) is 5.78 Å². The second-order valence-electron chi connectivity index (χ2n) is 3.47. The van der Waals surface area contributed by atoms with Crippen LogP contribution >= 0.6 is 12.2 Å². The van der Waals surface area contributed by atoms with Gasteiger partial charge in [0.25, 0.3) is 0 Å². The smallest absolute Gasteiger partial charge is 0.178 e. The molecule has 0 atom stereocenters. The third-order valence-corrected chi connectivity index (χ3v) is 2.50. The Bertz CT molecular complexity index is 427. The Kier molecular flexibility index (Phi) is 3.22. The standard InChI is InChI=1S/C14H10OS/c15-13-7-3-11(4-8-13)1-2-12-5-9-14(16)10-6-12/h1-10H. The van der Waals surface area contributed by atoms with Crippen LogP contribution in [0.25, 0.3) is 0 Å². The van der Waals surface area contributed by atoms with E-state index in [4.69, 9.17) is 12.2 Å². The van der Waals surface area contributed by atoms with E-state index in [2.05, 4.69) is 0 Å². The summed E-state index contributed by atoms with van der Waals surface area (Å²) in [5, 5.41) is 0. The highest BCUT2D eigenvalue weighted by molar-refractivity contribution is 7.81. The molecule has 0 aromatic heterocycles. The lowest BCUT2D eigenvalue weighted by molar-refractivity contribution is -0.110. The first-order chi connectivity index (χ1) is 7.74. The first kappa shape index (κ1) is 10.7. The number of carbonyl (C=O) groups is 1. The molecule has 0 saturated carbocycles. The average Bonchev–Trinajstić information content (AvgIpc) is 2.30. The Hall–Kier alpha value is -1.80. The Morgan fingerprint density at radius 3 is 1.69 bits per heavy atom. The number of carbonyl (C=O) groups excluding carboxylic acids is 1. The molecule has 0 aromatic carbocycles. The summed E-state index contributed by atoms with van der Waals surface area (Å²) < 4.78 is 0. The summed E-state index contributed by atoms with van der Waals surface area (Å²) in [7, 11) is 0. The van der Waals surface area contributed by atoms with Gasteiger partial charge in [-0.05, 0) is 35.5 Å². The van der Waals surface area contributed by atoms with Gasteiger partial charge >= 0.3 is 0 Å². The van der Waals surface area contributed by atoms with E-state index in [9.17, 15) is 4.79 Å². The molecule has 16 heavy (non-hydrogen) atoms. The molecule has 0 amide bonds. The SMILES string of the molecule is O=C1C=CC(=CC=C2C=CC(=S)C=C2)C=C1. The van der Waals surface area contributed by atoms with Crippen LogP contribution in [0.4, 0.5) is 0 Å². The molecule has 0 aliphatic heterocycles. The van der Waals surface area contributed by atoms with Crippen molar-refractivity contribution in [3.63, 3.8) is 0 Å². The molecule has 78 valence electrons. The molecule has 0 heterocycles. The quantitative estimate of drug-likeness (QED) is 0.639. The maximum absolute atomic E-state index is 10.9. The molecule has 2 rings (SSSR count). The molecule has 1 nitrogen and oxygen atoms in total. The van der Waals surface area contributed by atoms with Crippen LogP contribution in [0.15, 0.2) is 71.9 Å². The highest BCUT2D eigenvalue weighted by Crippen LogP contribution is 2.10. The predicted molar refractivity (Wildman–Crippen MR) is 70.3 cm³/mol. The van der Waals surface area contributed by atoms with Crippen molar-refractivity contribution >= 4 is 22.9 Å². The monoisotopic (exact) mass is 226 g/mol. The lowest BCUT2D eigenvalue weighted by Gasteiger charge is -2.00. The number of rotatable bonds is 1. The van der Waals surface area contributed by atoms with Crippen LogP contribution in [0.3, 0.4) is 0 Å². The maximum atomic E-state index is 10.9. The second-order valence-corrected chi connectivity index (χ2v) is 3.94. The zero-order chi connectivity index (χ0) is 11.4. The van der Waals surface area contributed by atoms with E-state index in [0.717, 1.165) is 16.0 Å². The van der Waals surface area contributed by atoms with Gasteiger partial charge in [0.1, 0.15) is 0 Å². The van der Waals surface area contributed by atoms with Crippen molar-refractivity contribution in [2.45, 2.75) is 0 Å². The van der Waals surface area contributed by atoms with E-state index in [1.165, 1.54) is 0 Å². The minimum atomic E-state index is 0.0348. The zero-order valence-electron chi connectivity index (χ0n) is 8.59. The van der Waals surface area contributed by atoms with E-state index >= 15 is 0 Å². The largest absolute Gasteiger partial charge is 0.290 e. The summed E-state index contributed by atoms with van der Waals surface area (Å²) in [5.74, 6) is 0.0348. The number of hydrogen-bond acceptors (Lipinski definition) is 2. The van der Waals surface area contributed by atoms with Crippen molar-refractivity contribution in [3.05, 3.63) is 71.9 Å². The van der Waals surface area contributed by atoms with Gasteiger partial charge in [-0.2, -0.15) is 0 Å². The van der Waals surface area contributed by atoms with Crippen LogP contribution in [0.5, 0.6) is 0 Å². The van der Waals surface area contributed by atoms with E-state index < -0.39 is 0 Å². The Morgan fingerprint density at radius 1 is 0.750 bits per heavy atom. The van der Waals surface area contributed by atoms with Crippen molar-refractivity contribution in [2.75, 3.05) is 0 Å². The van der Waals surface area contributed by atoms with Crippen LogP contribution in [0.2, 0.25) is 0 Å². The van der Waals surface area contributed by atoms with Crippen LogP contribution in [-0.2, 0) is 4.79 Å². The van der Waals surface area contributed by atoms with Gasteiger partial charge < -0.3 is 0 Å². The third kappa shape index (κ3) is 2.84. The van der Waals surface area contributed by atoms with Crippen LogP contribution in [0, 0.1) is 0 Å². The fourth-order valence-corrected chi connectivity index (χ4v) is 1.49. The first-order valence-corrected chi connectivity index (χ1v) is 5.37. The van der Waals surface area contributed by atoms with E-state index in [1.807, 2.05) is 36.5 Å². The molecule has 0 fully saturated rings. The number of allylic oxidation sites excluding steroid dienone is 12. The summed E-state index contributed by atoms with van der Waals surface area (Å²) in [6.45, 7) is 0. The molecule has 0 saturated heterocycles. The van der Waals surface area contributed by atoms with E-state index in [0.29, 0.717) is 0 Å². The molecule has 2 aliphatic carbocycles. The van der Waals surface area contributed by atoms with Gasteiger partial charge in [-0.15, -0.1) is 0 Å². The highest BCUT2D eigenvalue weighted by Gasteiger charge is 1.97. The fourth-order valence-electron chi connectivity index (χ4n) is 1.35. The van der Waals surface area contributed by atoms with Crippen LogP contribution in [0.1, 0.15) is 0 Å². The zero-order valence-corrected chi connectivity index (χ0v) is 9.41. The lowest BCUT2D eigenvalue weighted by Crippen LogP contribution is -1.91. The van der Waals surface area contributed by atoms with Gasteiger partial charge in [-0.3, -0.25) is 4.79 Å². The molecular weight excluding hydrogens is 216 g/mol. The van der Waals surface area contributed by atoms with Crippen molar-refractivity contribution < 1.29 is 4.79 Å². The molecule has 0 spiro atoms. The first-order valence-electron chi connectivity index (χ1n) is 4.96. The number of hydrogen-bond donors (Lipinski definition) is 0. The van der Waals surface area contributed by atoms with E-state index in [-0.39, 0.29) is 5.78 Å². The molecular formula is C14H10OS. The van der Waals surface area contributed by atoms with Crippen LogP contribution in [-0.4, -0.2) is 10.6 Å². The van der Waals surface area contributed by atoms with Crippen molar-refractivity contribution in [2.24, 2.45) is 0 Å². The normalized spacial score (nSPS) is 18.2. The van der Waals surface area contributed by atoms with Crippen molar-refractivity contribution in [3.8, 4) is 0 Å². The molecule has 0 unspecified atom stereocenters. The lowest BCUT2D eigenvalue weighted by atomic mass is 10.1. The maximum Gasteiger partial charge on any atom is 0.178 e. The van der Waals surface area contributed by atoms with E-state index in [1.54, 1.807) is 24.3 Å².